The molecule has 4 nitrogen and oxygen atoms in total. The summed E-state index contributed by atoms with van der Waals surface area (Å²) in [4.78, 5) is 8.75. The minimum Gasteiger partial charge on any atom is -0.444 e. The number of halogens is 2. The van der Waals surface area contributed by atoms with Gasteiger partial charge in [0.05, 0.1) is 5.69 Å². The lowest BCUT2D eigenvalue weighted by molar-refractivity contribution is 0.572. The zero-order valence-corrected chi connectivity index (χ0v) is 14.1. The number of aromatic nitrogens is 2. The number of aryl methyl sites for hydroxylation is 1. The lowest BCUT2D eigenvalue weighted by atomic mass is 10.2. The van der Waals surface area contributed by atoms with Crippen molar-refractivity contribution < 1.29 is 8.81 Å². The van der Waals surface area contributed by atoms with Gasteiger partial charge in [0, 0.05) is 29.2 Å². The maximum absolute atomic E-state index is 12.9. The molecule has 2 aromatic heterocycles. The molecule has 0 radical (unpaired) electrons. The van der Waals surface area contributed by atoms with E-state index in [4.69, 9.17) is 4.42 Å². The minimum absolute atomic E-state index is 0.276. The van der Waals surface area contributed by atoms with E-state index in [0.717, 1.165) is 27.1 Å². The van der Waals surface area contributed by atoms with Crippen LogP contribution in [0.1, 0.15) is 11.3 Å². The monoisotopic (exact) mass is 375 g/mol. The predicted molar refractivity (Wildman–Crippen MR) is 90.8 cm³/mol. The summed E-state index contributed by atoms with van der Waals surface area (Å²) in [5.41, 5.74) is 2.68. The number of hydrogen-bond acceptors (Lipinski definition) is 4. The molecule has 0 spiro atoms. The van der Waals surface area contributed by atoms with E-state index in [0.29, 0.717) is 18.9 Å². The lowest BCUT2D eigenvalue weighted by Gasteiger charge is -2.07. The maximum atomic E-state index is 12.9. The number of nitrogens with zero attached hydrogens (tertiary/aromatic N) is 2. The molecule has 118 valence electrons. The van der Waals surface area contributed by atoms with Crippen LogP contribution in [0.25, 0.3) is 11.5 Å². The quantitative estimate of drug-likeness (QED) is 0.707. The SMILES string of the molecule is Cc1cc(Br)cnc1NCCc1coc(-c2ccc(F)cc2)n1. The van der Waals surface area contributed by atoms with Gasteiger partial charge in [0.25, 0.3) is 0 Å². The highest BCUT2D eigenvalue weighted by Crippen LogP contribution is 2.20. The number of rotatable bonds is 5. The van der Waals surface area contributed by atoms with E-state index in [1.165, 1.54) is 12.1 Å². The molecule has 0 aliphatic rings. The van der Waals surface area contributed by atoms with Gasteiger partial charge in [-0.3, -0.25) is 0 Å². The van der Waals surface area contributed by atoms with Crippen LogP contribution in [0.4, 0.5) is 10.2 Å². The molecular formula is C17H15BrFN3O. The molecule has 2 heterocycles. The van der Waals surface area contributed by atoms with E-state index in [-0.39, 0.29) is 5.82 Å². The van der Waals surface area contributed by atoms with Crippen LogP contribution >= 0.6 is 15.9 Å². The molecule has 23 heavy (non-hydrogen) atoms. The molecule has 6 heteroatoms. The van der Waals surface area contributed by atoms with Crippen molar-refractivity contribution in [3.8, 4) is 11.5 Å². The molecule has 0 aliphatic carbocycles. The third kappa shape index (κ3) is 3.96. The Bertz CT molecular complexity index is 802. The van der Waals surface area contributed by atoms with Gasteiger partial charge in [-0.1, -0.05) is 0 Å². The predicted octanol–water partition coefficient (Wildman–Crippen LogP) is 4.60. The first-order valence-electron chi connectivity index (χ1n) is 7.18. The van der Waals surface area contributed by atoms with Crippen molar-refractivity contribution in [2.24, 2.45) is 0 Å². The second-order valence-corrected chi connectivity index (χ2v) is 6.06. The van der Waals surface area contributed by atoms with Gasteiger partial charge in [-0.05, 0) is 58.7 Å². The topological polar surface area (TPSA) is 51.0 Å². The first-order chi connectivity index (χ1) is 11.1. The Morgan fingerprint density at radius 2 is 2.04 bits per heavy atom. The van der Waals surface area contributed by atoms with Crippen molar-refractivity contribution >= 4 is 21.7 Å². The van der Waals surface area contributed by atoms with Crippen molar-refractivity contribution in [3.05, 3.63) is 64.3 Å². The molecule has 1 N–H and O–H groups in total. The number of pyridine rings is 1. The van der Waals surface area contributed by atoms with E-state index in [1.807, 2.05) is 13.0 Å². The summed E-state index contributed by atoms with van der Waals surface area (Å²) in [5.74, 6) is 1.08. The number of oxazole rings is 1. The Kier molecular flexibility index (Phi) is 4.71. The summed E-state index contributed by atoms with van der Waals surface area (Å²) >= 11 is 3.39. The largest absolute Gasteiger partial charge is 0.444 e. The van der Waals surface area contributed by atoms with Gasteiger partial charge in [0.2, 0.25) is 5.89 Å². The molecule has 0 amide bonds. The summed E-state index contributed by atoms with van der Waals surface area (Å²) in [6.07, 6.45) is 4.10. The van der Waals surface area contributed by atoms with Gasteiger partial charge >= 0.3 is 0 Å². The standard InChI is InChI=1S/C17H15BrFN3O/c1-11-8-13(18)9-21-16(11)20-7-6-15-10-23-17(22-15)12-2-4-14(19)5-3-12/h2-5,8-10H,6-7H2,1H3,(H,20,21). The Morgan fingerprint density at radius 3 is 2.78 bits per heavy atom. The fourth-order valence-electron chi connectivity index (χ4n) is 2.18. The molecule has 0 fully saturated rings. The van der Waals surface area contributed by atoms with Crippen LogP contribution in [0.5, 0.6) is 0 Å². The van der Waals surface area contributed by atoms with Crippen molar-refractivity contribution in [1.82, 2.24) is 9.97 Å². The van der Waals surface area contributed by atoms with Crippen LogP contribution in [0.15, 0.2) is 51.7 Å². The smallest absolute Gasteiger partial charge is 0.226 e. The molecule has 1 aromatic carbocycles. The van der Waals surface area contributed by atoms with Crippen molar-refractivity contribution in [3.63, 3.8) is 0 Å². The van der Waals surface area contributed by atoms with Gasteiger partial charge in [0.1, 0.15) is 17.9 Å². The highest BCUT2D eigenvalue weighted by Gasteiger charge is 2.07. The first-order valence-corrected chi connectivity index (χ1v) is 7.97. The minimum atomic E-state index is -0.276. The summed E-state index contributed by atoms with van der Waals surface area (Å²) in [7, 11) is 0. The third-order valence-corrected chi connectivity index (χ3v) is 3.80. The third-order valence-electron chi connectivity index (χ3n) is 3.36. The Labute approximate surface area is 141 Å². The Morgan fingerprint density at radius 1 is 1.26 bits per heavy atom. The van der Waals surface area contributed by atoms with Crippen molar-refractivity contribution in [2.75, 3.05) is 11.9 Å². The molecule has 0 aliphatic heterocycles. The van der Waals surface area contributed by atoms with Gasteiger partial charge in [-0.15, -0.1) is 0 Å². The number of anilines is 1. The number of benzene rings is 1. The summed E-state index contributed by atoms with van der Waals surface area (Å²) in [6.45, 7) is 2.70. The fraction of sp³-hybridized carbons (Fsp3) is 0.176. The molecular weight excluding hydrogens is 361 g/mol. The van der Waals surface area contributed by atoms with Crippen LogP contribution in [0.3, 0.4) is 0 Å². The molecule has 3 aromatic rings. The van der Waals surface area contributed by atoms with Gasteiger partial charge in [0.15, 0.2) is 0 Å². The number of nitrogens with one attached hydrogen (secondary N) is 1. The van der Waals surface area contributed by atoms with Crippen LogP contribution < -0.4 is 5.32 Å². The van der Waals surface area contributed by atoms with E-state index in [1.54, 1.807) is 24.6 Å². The van der Waals surface area contributed by atoms with Gasteiger partial charge in [-0.25, -0.2) is 14.4 Å². The molecule has 0 saturated heterocycles. The highest BCUT2D eigenvalue weighted by molar-refractivity contribution is 9.10. The summed E-state index contributed by atoms with van der Waals surface area (Å²) in [6, 6.07) is 8.10. The van der Waals surface area contributed by atoms with Crippen molar-refractivity contribution in [2.45, 2.75) is 13.3 Å². The average molecular weight is 376 g/mol. The fourth-order valence-corrected chi connectivity index (χ4v) is 2.63. The summed E-state index contributed by atoms with van der Waals surface area (Å²) < 4.78 is 19.3. The Hall–Kier alpha value is -2.21. The van der Waals surface area contributed by atoms with Gasteiger partial charge in [-0.2, -0.15) is 0 Å². The molecule has 0 bridgehead atoms. The van der Waals surface area contributed by atoms with E-state index < -0.39 is 0 Å². The molecule has 3 rings (SSSR count). The Balaban J connectivity index is 1.60. The van der Waals surface area contributed by atoms with Crippen molar-refractivity contribution in [1.29, 1.82) is 0 Å². The lowest BCUT2D eigenvalue weighted by Crippen LogP contribution is -2.07. The molecule has 0 atom stereocenters. The van der Waals surface area contributed by atoms with E-state index in [2.05, 4.69) is 31.2 Å². The molecule has 0 unspecified atom stereocenters. The van der Waals surface area contributed by atoms with Crippen LogP contribution in [-0.4, -0.2) is 16.5 Å². The summed E-state index contributed by atoms with van der Waals surface area (Å²) in [5, 5.41) is 3.28. The van der Waals surface area contributed by atoms with Crippen LogP contribution in [0.2, 0.25) is 0 Å². The maximum Gasteiger partial charge on any atom is 0.226 e. The van der Waals surface area contributed by atoms with E-state index in [9.17, 15) is 4.39 Å². The second-order valence-electron chi connectivity index (χ2n) is 5.15. The van der Waals surface area contributed by atoms with E-state index >= 15 is 0 Å². The zero-order chi connectivity index (χ0) is 16.2. The second kappa shape index (κ2) is 6.91. The van der Waals surface area contributed by atoms with Gasteiger partial charge < -0.3 is 9.73 Å². The zero-order valence-electron chi connectivity index (χ0n) is 12.5. The average Bonchev–Trinajstić information content (AvgIpc) is 2.99. The van der Waals surface area contributed by atoms with Crippen LogP contribution in [-0.2, 0) is 6.42 Å². The number of hydrogen-bond donors (Lipinski definition) is 1. The highest BCUT2D eigenvalue weighted by atomic mass is 79.9. The first kappa shape index (κ1) is 15.7. The van der Waals surface area contributed by atoms with Crippen LogP contribution in [0, 0.1) is 12.7 Å². The normalized spacial score (nSPS) is 10.7. The molecule has 0 saturated carbocycles.